The van der Waals surface area contributed by atoms with Crippen LogP contribution in [0, 0.1) is 0 Å². The molecule has 0 saturated carbocycles. The Morgan fingerprint density at radius 2 is 0.632 bits per heavy atom. The number of hydrogen-bond acceptors (Lipinski definition) is 6. The molecule has 0 aromatic carbocycles. The summed E-state index contributed by atoms with van der Waals surface area (Å²) in [5.74, 6) is -0.153. The maximum absolute atomic E-state index is 13.1. The third-order valence-corrected chi connectivity index (χ3v) is 19.7. The topological polar surface area (TPSA) is 108 Å². The number of phosphoric acid groups is 1. The first-order chi connectivity index (χ1) is 42.5. The normalized spacial score (nSPS) is 13.5. The summed E-state index contributed by atoms with van der Waals surface area (Å²) in [4.78, 5) is 25.7. The van der Waals surface area contributed by atoms with Crippen LogP contribution in [0.25, 0.3) is 0 Å². The highest BCUT2D eigenvalue weighted by Crippen LogP contribution is 2.38. The van der Waals surface area contributed by atoms with Crippen molar-refractivity contribution in [3.8, 4) is 0 Å². The molecular formula is C78H157N2O6P. The summed E-state index contributed by atoms with van der Waals surface area (Å²) in [6.07, 6.45) is 90.5. The lowest BCUT2D eigenvalue weighted by atomic mass is 10.0. The molecule has 0 rings (SSSR count). The standard InChI is InChI=1S/C78H157N2O6P/c1-6-8-10-12-14-16-18-20-22-24-26-28-30-32-34-36-37-38-39-40-41-42-43-44-46-48-50-52-54-56-58-60-62-64-66-68-70-72-78(82)79-76(75-86-87(83,84)85-74-73-80(3,4)5)77(81)71-69-67-65-63-61-59-57-55-53-51-49-47-45-35-33-31-29-27-25-23-21-19-17-15-13-11-9-7-2/h24,26,76-77,81H,6-23,25,27-75H2,1-5H3,(H-,79,82,83,84)/b26-24-. The van der Waals surface area contributed by atoms with Crippen molar-refractivity contribution in [1.82, 2.24) is 5.32 Å². The second-order valence-electron chi connectivity index (χ2n) is 28.8. The van der Waals surface area contributed by atoms with Crippen LogP contribution in [0.1, 0.15) is 431 Å². The first-order valence-corrected chi connectivity index (χ1v) is 41.0. The van der Waals surface area contributed by atoms with Gasteiger partial charge in [0.05, 0.1) is 39.9 Å². The number of quaternary nitrogens is 1. The molecule has 0 aliphatic carbocycles. The van der Waals surface area contributed by atoms with Gasteiger partial charge in [-0.2, -0.15) is 0 Å². The smallest absolute Gasteiger partial charge is 0.268 e. The predicted octanol–water partition coefficient (Wildman–Crippen LogP) is 25.0. The summed E-state index contributed by atoms with van der Waals surface area (Å²) in [6, 6.07) is -0.799. The Morgan fingerprint density at radius 1 is 0.391 bits per heavy atom. The molecule has 520 valence electrons. The molecule has 0 fully saturated rings. The molecular weight excluding hydrogens is 1090 g/mol. The number of allylic oxidation sites excluding steroid dienone is 2. The number of rotatable bonds is 75. The van der Waals surface area contributed by atoms with Gasteiger partial charge in [-0.3, -0.25) is 9.36 Å². The molecule has 3 atom stereocenters. The molecule has 0 aromatic heterocycles. The van der Waals surface area contributed by atoms with Gasteiger partial charge in [0.2, 0.25) is 5.91 Å². The van der Waals surface area contributed by atoms with Crippen LogP contribution in [0.15, 0.2) is 12.2 Å². The van der Waals surface area contributed by atoms with Crippen LogP contribution < -0.4 is 10.2 Å². The number of aliphatic hydroxyl groups is 1. The molecule has 2 N–H and O–H groups in total. The number of likely N-dealkylation sites (N-methyl/N-ethyl adjacent to an activating group) is 1. The number of amides is 1. The van der Waals surface area contributed by atoms with Gasteiger partial charge >= 0.3 is 0 Å². The number of carbonyl (C=O) groups is 1. The van der Waals surface area contributed by atoms with Crippen molar-refractivity contribution in [2.24, 2.45) is 0 Å². The molecule has 0 radical (unpaired) electrons. The van der Waals surface area contributed by atoms with Crippen molar-refractivity contribution in [3.63, 3.8) is 0 Å². The highest BCUT2D eigenvalue weighted by atomic mass is 31.2. The van der Waals surface area contributed by atoms with E-state index in [0.717, 1.165) is 38.5 Å². The van der Waals surface area contributed by atoms with Gasteiger partial charge in [0.15, 0.2) is 0 Å². The lowest BCUT2D eigenvalue weighted by Crippen LogP contribution is -2.46. The maximum Gasteiger partial charge on any atom is 0.268 e. The molecule has 0 saturated heterocycles. The van der Waals surface area contributed by atoms with Crippen LogP contribution >= 0.6 is 7.82 Å². The number of unbranched alkanes of at least 4 members (excludes halogenated alkanes) is 60. The summed E-state index contributed by atoms with van der Waals surface area (Å²) in [6.45, 7) is 4.80. The van der Waals surface area contributed by atoms with Crippen molar-refractivity contribution < 1.29 is 32.9 Å². The van der Waals surface area contributed by atoms with E-state index < -0.39 is 20.0 Å². The molecule has 0 aromatic rings. The summed E-state index contributed by atoms with van der Waals surface area (Å²) in [5.41, 5.74) is 0. The van der Waals surface area contributed by atoms with E-state index in [9.17, 15) is 19.4 Å². The minimum Gasteiger partial charge on any atom is -0.756 e. The van der Waals surface area contributed by atoms with E-state index in [1.165, 1.54) is 366 Å². The lowest BCUT2D eigenvalue weighted by Gasteiger charge is -2.30. The van der Waals surface area contributed by atoms with Crippen LogP contribution in [0.5, 0.6) is 0 Å². The molecule has 0 aliphatic heterocycles. The number of nitrogens with one attached hydrogen (secondary N) is 1. The van der Waals surface area contributed by atoms with Gasteiger partial charge in [0.25, 0.3) is 7.82 Å². The Hall–Kier alpha value is -0.760. The quantitative estimate of drug-likeness (QED) is 0.0272. The van der Waals surface area contributed by atoms with E-state index in [1.54, 1.807) is 0 Å². The third kappa shape index (κ3) is 72.5. The van der Waals surface area contributed by atoms with Gasteiger partial charge < -0.3 is 28.8 Å². The van der Waals surface area contributed by atoms with E-state index in [-0.39, 0.29) is 19.1 Å². The van der Waals surface area contributed by atoms with Crippen molar-refractivity contribution in [2.75, 3.05) is 40.9 Å². The molecule has 0 aliphatic rings. The maximum atomic E-state index is 13.1. The van der Waals surface area contributed by atoms with E-state index >= 15 is 0 Å². The molecule has 87 heavy (non-hydrogen) atoms. The summed E-state index contributed by atoms with van der Waals surface area (Å²) in [5, 5.41) is 14.1. The SMILES string of the molecule is CCCCCCCCCC/C=C\CCCCCCCCCCCCCCCCCCCCCCCCCCCC(=O)NC(COP(=O)([O-])OCC[N+](C)(C)C)C(O)CCCCCCCCCCCCCCCCCCCCCCCCCCCCCC. The number of hydrogen-bond donors (Lipinski definition) is 2. The molecule has 0 heterocycles. The Kier molecular flexibility index (Phi) is 69.0. The van der Waals surface area contributed by atoms with Crippen molar-refractivity contribution in [1.29, 1.82) is 0 Å². The number of nitrogens with zero attached hydrogens (tertiary/aromatic N) is 1. The average molecular weight is 1250 g/mol. The first-order valence-electron chi connectivity index (χ1n) is 39.5. The lowest BCUT2D eigenvalue weighted by molar-refractivity contribution is -0.870. The zero-order valence-corrected chi connectivity index (χ0v) is 60.7. The molecule has 3 unspecified atom stereocenters. The van der Waals surface area contributed by atoms with E-state index in [1.807, 2.05) is 21.1 Å². The van der Waals surface area contributed by atoms with Gasteiger partial charge in [-0.05, 0) is 38.5 Å². The fourth-order valence-corrected chi connectivity index (χ4v) is 13.4. The Labute approximate surface area is 545 Å². The van der Waals surface area contributed by atoms with Crippen LogP contribution in [0.3, 0.4) is 0 Å². The van der Waals surface area contributed by atoms with Crippen LogP contribution in [0.2, 0.25) is 0 Å². The average Bonchev–Trinajstić information content (AvgIpc) is 3.70. The van der Waals surface area contributed by atoms with Crippen molar-refractivity contribution >= 4 is 13.7 Å². The molecule has 0 bridgehead atoms. The van der Waals surface area contributed by atoms with Crippen molar-refractivity contribution in [2.45, 2.75) is 443 Å². The fraction of sp³-hybridized carbons (Fsp3) is 0.962. The second kappa shape index (κ2) is 69.6. The van der Waals surface area contributed by atoms with E-state index in [2.05, 4.69) is 31.3 Å². The molecule has 0 spiro atoms. The van der Waals surface area contributed by atoms with Gasteiger partial charge in [-0.1, -0.05) is 398 Å². The molecule has 8 nitrogen and oxygen atoms in total. The van der Waals surface area contributed by atoms with Crippen LogP contribution in [-0.2, 0) is 18.4 Å². The monoisotopic (exact) mass is 1250 g/mol. The largest absolute Gasteiger partial charge is 0.756 e. The van der Waals surface area contributed by atoms with Gasteiger partial charge in [0.1, 0.15) is 13.2 Å². The second-order valence-corrected chi connectivity index (χ2v) is 30.2. The summed E-state index contributed by atoms with van der Waals surface area (Å²) >= 11 is 0. The number of carbonyl (C=O) groups excluding carboxylic acids is 1. The summed E-state index contributed by atoms with van der Waals surface area (Å²) in [7, 11) is 1.33. The minimum absolute atomic E-state index is 0.0164. The van der Waals surface area contributed by atoms with E-state index in [0.29, 0.717) is 23.9 Å². The fourth-order valence-electron chi connectivity index (χ4n) is 12.6. The van der Waals surface area contributed by atoms with Gasteiger partial charge in [-0.15, -0.1) is 0 Å². The predicted molar refractivity (Wildman–Crippen MR) is 381 cm³/mol. The highest BCUT2D eigenvalue weighted by Gasteiger charge is 2.24. The highest BCUT2D eigenvalue weighted by molar-refractivity contribution is 7.45. The van der Waals surface area contributed by atoms with Crippen molar-refractivity contribution in [3.05, 3.63) is 12.2 Å². The zero-order chi connectivity index (χ0) is 63.4. The summed E-state index contributed by atoms with van der Waals surface area (Å²) < 4.78 is 23.6. The Morgan fingerprint density at radius 3 is 0.897 bits per heavy atom. The van der Waals surface area contributed by atoms with Gasteiger partial charge in [-0.25, -0.2) is 0 Å². The molecule has 9 heteroatoms. The third-order valence-electron chi connectivity index (χ3n) is 18.8. The van der Waals surface area contributed by atoms with Crippen LogP contribution in [0.4, 0.5) is 0 Å². The number of aliphatic hydroxyl groups excluding tert-OH is 1. The Bertz CT molecular complexity index is 1420. The molecule has 1 amide bonds. The van der Waals surface area contributed by atoms with Crippen LogP contribution in [-0.4, -0.2) is 68.5 Å². The zero-order valence-electron chi connectivity index (χ0n) is 59.8. The minimum atomic E-state index is -4.58. The van der Waals surface area contributed by atoms with E-state index in [4.69, 9.17) is 9.05 Å². The number of phosphoric ester groups is 1. The van der Waals surface area contributed by atoms with Gasteiger partial charge in [0, 0.05) is 6.42 Å². The first kappa shape index (κ1) is 86.2. The Balaban J connectivity index is 3.90.